The van der Waals surface area contributed by atoms with E-state index in [1.165, 1.54) is 10.9 Å². The van der Waals surface area contributed by atoms with E-state index in [0.29, 0.717) is 30.4 Å². The first-order chi connectivity index (χ1) is 16.9. The topological polar surface area (TPSA) is 126 Å². The van der Waals surface area contributed by atoms with Crippen LogP contribution in [-0.2, 0) is 11.3 Å². The normalized spacial score (nSPS) is 17.5. The largest absolute Gasteiger partial charge is 0.352 e. The Labute approximate surface area is 201 Å². The van der Waals surface area contributed by atoms with Gasteiger partial charge in [0.15, 0.2) is 17.5 Å². The van der Waals surface area contributed by atoms with E-state index >= 15 is 0 Å². The van der Waals surface area contributed by atoms with Crippen LogP contribution in [0, 0.1) is 25.6 Å². The summed E-state index contributed by atoms with van der Waals surface area (Å²) in [5, 5.41) is 17.2. The molecule has 0 bridgehead atoms. The highest BCUT2D eigenvalue weighted by atomic mass is 19.1. The summed E-state index contributed by atoms with van der Waals surface area (Å²) in [6.07, 6.45) is 6.40. The standard InChI is InChI=1S/C24H26FN9O/c1-14-7-20(30-21-8-15(2)32-33-21)31-23(29-14)17-4-5-18(9-17)24(35)27-11-16-3-6-22(26-10-16)34-13-19(25)12-28-34/h3,6-8,10,12-13,17-18H,4-5,9,11H2,1-2H3,(H,27,35)(H2,29,30,31,32,33). The van der Waals surface area contributed by atoms with Crippen LogP contribution >= 0.6 is 0 Å². The van der Waals surface area contributed by atoms with Gasteiger partial charge in [0.1, 0.15) is 11.6 Å². The average Bonchev–Trinajstić information content (AvgIpc) is 3.59. The highest BCUT2D eigenvalue weighted by molar-refractivity contribution is 5.79. The Hall–Kier alpha value is -4.15. The van der Waals surface area contributed by atoms with Crippen molar-refractivity contribution in [3.8, 4) is 5.82 Å². The second kappa shape index (κ2) is 9.61. The van der Waals surface area contributed by atoms with E-state index in [9.17, 15) is 9.18 Å². The van der Waals surface area contributed by atoms with E-state index in [1.54, 1.807) is 12.3 Å². The maximum Gasteiger partial charge on any atom is 0.223 e. The zero-order valence-corrected chi connectivity index (χ0v) is 19.5. The molecule has 0 radical (unpaired) electrons. The lowest BCUT2D eigenvalue weighted by Gasteiger charge is -2.13. The molecule has 5 rings (SSSR count). The van der Waals surface area contributed by atoms with Crippen molar-refractivity contribution in [2.75, 3.05) is 5.32 Å². The van der Waals surface area contributed by atoms with E-state index in [0.717, 1.165) is 41.8 Å². The molecule has 0 saturated heterocycles. The zero-order valence-electron chi connectivity index (χ0n) is 19.5. The summed E-state index contributed by atoms with van der Waals surface area (Å²) in [6, 6.07) is 7.38. The summed E-state index contributed by atoms with van der Waals surface area (Å²) in [7, 11) is 0. The first-order valence-electron chi connectivity index (χ1n) is 11.5. The molecule has 4 heterocycles. The van der Waals surface area contributed by atoms with Crippen molar-refractivity contribution in [1.82, 2.24) is 40.2 Å². The Morgan fingerprint density at radius 2 is 2.06 bits per heavy atom. The quantitative estimate of drug-likeness (QED) is 0.373. The molecular weight excluding hydrogens is 449 g/mol. The van der Waals surface area contributed by atoms with Gasteiger partial charge < -0.3 is 10.6 Å². The molecule has 10 nitrogen and oxygen atoms in total. The third-order valence-electron chi connectivity index (χ3n) is 6.06. The number of hydrogen-bond acceptors (Lipinski definition) is 7. The van der Waals surface area contributed by atoms with Crippen molar-refractivity contribution < 1.29 is 9.18 Å². The smallest absolute Gasteiger partial charge is 0.223 e. The van der Waals surface area contributed by atoms with Gasteiger partial charge >= 0.3 is 0 Å². The summed E-state index contributed by atoms with van der Waals surface area (Å²) in [5.41, 5.74) is 2.69. The van der Waals surface area contributed by atoms with Gasteiger partial charge in [0, 0.05) is 48.1 Å². The predicted octanol–water partition coefficient (Wildman–Crippen LogP) is 3.48. The molecular formula is C24H26FN9O. The number of hydrogen-bond donors (Lipinski definition) is 3. The van der Waals surface area contributed by atoms with Gasteiger partial charge in [-0.2, -0.15) is 10.2 Å². The second-order valence-corrected chi connectivity index (χ2v) is 8.87. The van der Waals surface area contributed by atoms with Crippen LogP contribution in [0.15, 0.2) is 42.9 Å². The van der Waals surface area contributed by atoms with Gasteiger partial charge in [-0.15, -0.1) is 0 Å². The number of anilines is 2. The fourth-order valence-corrected chi connectivity index (χ4v) is 4.32. The first-order valence-corrected chi connectivity index (χ1v) is 11.5. The molecule has 11 heteroatoms. The number of aromatic nitrogens is 7. The number of nitrogens with one attached hydrogen (secondary N) is 3. The maximum atomic E-state index is 13.1. The summed E-state index contributed by atoms with van der Waals surface area (Å²) >= 11 is 0. The SMILES string of the molecule is Cc1cc(Nc2cc(C)[nH]n2)nc(C2CCC(C(=O)NCc3ccc(-n4cc(F)cn4)nc3)C2)n1. The minimum Gasteiger partial charge on any atom is -0.352 e. The van der Waals surface area contributed by atoms with Gasteiger partial charge in [0.25, 0.3) is 0 Å². The summed E-state index contributed by atoms with van der Waals surface area (Å²) < 4.78 is 14.5. The molecule has 1 amide bonds. The molecule has 4 aromatic rings. The lowest BCUT2D eigenvalue weighted by atomic mass is 10.0. The first kappa shape index (κ1) is 22.6. The van der Waals surface area contributed by atoms with Gasteiger partial charge in [-0.25, -0.2) is 24.0 Å². The molecule has 35 heavy (non-hydrogen) atoms. The van der Waals surface area contributed by atoms with Crippen LogP contribution in [0.3, 0.4) is 0 Å². The molecule has 0 aromatic carbocycles. The van der Waals surface area contributed by atoms with Crippen LogP contribution in [0.5, 0.6) is 0 Å². The number of halogens is 1. The lowest BCUT2D eigenvalue weighted by Crippen LogP contribution is -2.29. The Morgan fingerprint density at radius 1 is 1.17 bits per heavy atom. The number of carbonyl (C=O) groups is 1. The fraction of sp³-hybridized carbons (Fsp3) is 0.333. The van der Waals surface area contributed by atoms with Crippen LogP contribution in [0.2, 0.25) is 0 Å². The molecule has 3 N–H and O–H groups in total. The number of carbonyl (C=O) groups excluding carboxylic acids is 1. The molecule has 2 unspecified atom stereocenters. The van der Waals surface area contributed by atoms with Gasteiger partial charge in [0.05, 0.1) is 12.4 Å². The van der Waals surface area contributed by atoms with Gasteiger partial charge in [0.2, 0.25) is 5.91 Å². The number of aryl methyl sites for hydroxylation is 2. The van der Waals surface area contributed by atoms with Crippen LogP contribution in [0.25, 0.3) is 5.82 Å². The highest BCUT2D eigenvalue weighted by Gasteiger charge is 2.32. The van der Waals surface area contributed by atoms with Gasteiger partial charge in [-0.05, 0) is 44.7 Å². The van der Waals surface area contributed by atoms with E-state index in [-0.39, 0.29) is 17.7 Å². The van der Waals surface area contributed by atoms with E-state index < -0.39 is 5.82 Å². The zero-order chi connectivity index (χ0) is 24.4. The van der Waals surface area contributed by atoms with Crippen LogP contribution in [0.4, 0.5) is 16.0 Å². The van der Waals surface area contributed by atoms with Crippen LogP contribution in [0.1, 0.15) is 48.0 Å². The van der Waals surface area contributed by atoms with Gasteiger partial charge in [-0.3, -0.25) is 9.89 Å². The van der Waals surface area contributed by atoms with Crippen molar-refractivity contribution in [1.29, 1.82) is 0 Å². The number of aromatic amines is 1. The Kier molecular flexibility index (Phi) is 6.21. The average molecular weight is 476 g/mol. The molecule has 0 aliphatic heterocycles. The summed E-state index contributed by atoms with van der Waals surface area (Å²) in [5.74, 6) is 2.30. The molecule has 4 aromatic heterocycles. The number of nitrogens with zero attached hydrogens (tertiary/aromatic N) is 6. The third-order valence-corrected chi connectivity index (χ3v) is 6.06. The van der Waals surface area contributed by atoms with Crippen molar-refractivity contribution in [3.05, 3.63) is 71.4 Å². The van der Waals surface area contributed by atoms with Crippen molar-refractivity contribution in [2.45, 2.75) is 45.6 Å². The Morgan fingerprint density at radius 3 is 2.77 bits per heavy atom. The highest BCUT2D eigenvalue weighted by Crippen LogP contribution is 2.37. The number of pyridine rings is 1. The fourth-order valence-electron chi connectivity index (χ4n) is 4.32. The summed E-state index contributed by atoms with van der Waals surface area (Å²) in [4.78, 5) is 26.4. The van der Waals surface area contributed by atoms with Crippen molar-refractivity contribution in [3.63, 3.8) is 0 Å². The Balaban J connectivity index is 1.17. The number of rotatable bonds is 7. The minimum atomic E-state index is -0.422. The molecule has 0 spiro atoms. The third kappa shape index (κ3) is 5.34. The Bertz CT molecular complexity index is 1330. The molecule has 1 aliphatic carbocycles. The van der Waals surface area contributed by atoms with E-state index in [2.05, 4.69) is 35.9 Å². The molecule has 1 saturated carbocycles. The maximum absolute atomic E-state index is 13.1. The number of H-pyrrole nitrogens is 1. The van der Waals surface area contributed by atoms with E-state index in [1.807, 2.05) is 32.0 Å². The lowest BCUT2D eigenvalue weighted by molar-refractivity contribution is -0.125. The van der Waals surface area contributed by atoms with E-state index in [4.69, 9.17) is 4.98 Å². The molecule has 1 aliphatic rings. The summed E-state index contributed by atoms with van der Waals surface area (Å²) in [6.45, 7) is 4.25. The minimum absolute atomic E-state index is 0.0173. The predicted molar refractivity (Wildman–Crippen MR) is 127 cm³/mol. The molecule has 1 fully saturated rings. The van der Waals surface area contributed by atoms with Crippen LogP contribution < -0.4 is 10.6 Å². The molecule has 2 atom stereocenters. The van der Waals surface area contributed by atoms with Crippen molar-refractivity contribution in [2.24, 2.45) is 5.92 Å². The molecule has 180 valence electrons. The van der Waals surface area contributed by atoms with Gasteiger partial charge in [-0.1, -0.05) is 6.07 Å². The monoisotopic (exact) mass is 475 g/mol. The van der Waals surface area contributed by atoms with Crippen LogP contribution in [-0.4, -0.2) is 40.8 Å². The van der Waals surface area contributed by atoms with Crippen molar-refractivity contribution >= 4 is 17.5 Å². The number of amides is 1. The second-order valence-electron chi connectivity index (χ2n) is 8.87.